The molecule has 0 saturated carbocycles. The lowest BCUT2D eigenvalue weighted by Crippen LogP contribution is -2.30. The van der Waals surface area contributed by atoms with Gasteiger partial charge in [-0.1, -0.05) is 44.2 Å². The summed E-state index contributed by atoms with van der Waals surface area (Å²) < 4.78 is 5.41. The molecule has 0 unspecified atom stereocenters. The van der Waals surface area contributed by atoms with Crippen molar-refractivity contribution in [2.45, 2.75) is 19.3 Å². The van der Waals surface area contributed by atoms with Crippen LogP contribution in [0.2, 0.25) is 0 Å². The van der Waals surface area contributed by atoms with E-state index >= 15 is 0 Å². The molecule has 5 heteroatoms. The predicted molar refractivity (Wildman–Crippen MR) is 68.8 cm³/mol. The Kier molecular flexibility index (Phi) is 4.68. The van der Waals surface area contributed by atoms with Crippen LogP contribution in [0.5, 0.6) is 0 Å². The van der Waals surface area contributed by atoms with E-state index in [1.165, 1.54) is 5.56 Å². The van der Waals surface area contributed by atoms with Crippen LogP contribution < -0.4 is 0 Å². The lowest BCUT2D eigenvalue weighted by Gasteiger charge is -2.29. The van der Waals surface area contributed by atoms with Crippen molar-refractivity contribution in [1.82, 2.24) is 4.31 Å². The van der Waals surface area contributed by atoms with E-state index in [0.29, 0.717) is 0 Å². The number of benzene rings is 1. The third kappa shape index (κ3) is 3.77. The van der Waals surface area contributed by atoms with Crippen LogP contribution in [0.25, 0.3) is 10.4 Å². The van der Waals surface area contributed by atoms with Crippen LogP contribution in [0.4, 0.5) is 0 Å². The van der Waals surface area contributed by atoms with Gasteiger partial charge in [0, 0.05) is 29.0 Å². The molecule has 1 aromatic carbocycles. The summed E-state index contributed by atoms with van der Waals surface area (Å²) in [6, 6.07) is 10.3. The fourth-order valence-corrected chi connectivity index (χ4v) is 2.18. The summed E-state index contributed by atoms with van der Waals surface area (Å²) in [6.45, 7) is 5.17. The van der Waals surface area contributed by atoms with E-state index in [1.807, 2.05) is 29.6 Å². The lowest BCUT2D eigenvalue weighted by atomic mass is 9.85. The molecule has 1 rings (SSSR count). The summed E-state index contributed by atoms with van der Waals surface area (Å²) in [5.41, 5.74) is 9.56. The van der Waals surface area contributed by atoms with Gasteiger partial charge in [-0.15, -0.1) is 0 Å². The lowest BCUT2D eigenvalue weighted by molar-refractivity contribution is 0.403. The van der Waals surface area contributed by atoms with Crippen molar-refractivity contribution in [3.05, 3.63) is 46.3 Å². The molecular weight excluding hydrogens is 220 g/mol. The minimum atomic E-state index is 0.0357. The maximum absolute atomic E-state index is 8.24. The zero-order chi connectivity index (χ0) is 12.0. The molecule has 0 atom stereocenters. The van der Waals surface area contributed by atoms with Gasteiger partial charge in [-0.3, -0.25) is 0 Å². The van der Waals surface area contributed by atoms with Gasteiger partial charge in [-0.2, -0.15) is 0 Å². The van der Waals surface area contributed by atoms with E-state index in [9.17, 15) is 0 Å². The molecule has 0 aliphatic heterocycles. The topological polar surface area (TPSA) is 52.0 Å². The molecule has 1 aromatic rings. The van der Waals surface area contributed by atoms with Crippen molar-refractivity contribution in [2.75, 3.05) is 13.6 Å². The number of nitrogens with zero attached hydrogens (tertiary/aromatic N) is 4. The molecule has 16 heavy (non-hydrogen) atoms. The second-order valence-corrected chi connectivity index (χ2v) is 5.24. The molecule has 86 valence electrons. The van der Waals surface area contributed by atoms with Gasteiger partial charge >= 0.3 is 0 Å². The molecule has 0 heterocycles. The van der Waals surface area contributed by atoms with Crippen LogP contribution in [0, 0.1) is 0 Å². The van der Waals surface area contributed by atoms with Gasteiger partial charge in [0.15, 0.2) is 0 Å². The molecule has 0 radical (unpaired) electrons. The van der Waals surface area contributed by atoms with Gasteiger partial charge < -0.3 is 0 Å². The Balaban J connectivity index is 2.68. The third-order valence-corrected chi connectivity index (χ3v) is 2.94. The smallest absolute Gasteiger partial charge is 0.0184 e. The van der Waals surface area contributed by atoms with Gasteiger partial charge in [0.05, 0.1) is 0 Å². The summed E-state index contributed by atoms with van der Waals surface area (Å²) in [5, 5.41) is 0. The highest BCUT2D eigenvalue weighted by molar-refractivity contribution is 7.95. The Morgan fingerprint density at radius 1 is 1.38 bits per heavy atom. The number of hydrogen-bond donors (Lipinski definition) is 0. The fourth-order valence-electron chi connectivity index (χ4n) is 1.64. The molecule has 0 saturated heterocycles. The third-order valence-electron chi connectivity index (χ3n) is 2.39. The van der Waals surface area contributed by atoms with Crippen LogP contribution in [-0.2, 0) is 5.41 Å². The first kappa shape index (κ1) is 12.9. The van der Waals surface area contributed by atoms with Crippen molar-refractivity contribution in [3.63, 3.8) is 0 Å². The SMILES string of the molecule is CN(CC(C)(C)c1ccccc1)SN=[N+]=[N-]. The molecule has 0 bridgehead atoms. The highest BCUT2D eigenvalue weighted by Crippen LogP contribution is 2.26. The van der Waals surface area contributed by atoms with Crippen molar-refractivity contribution in [2.24, 2.45) is 4.52 Å². The van der Waals surface area contributed by atoms with Gasteiger partial charge in [-0.05, 0) is 22.7 Å². The Morgan fingerprint density at radius 3 is 2.56 bits per heavy atom. The number of hydrogen-bond acceptors (Lipinski definition) is 3. The zero-order valence-electron chi connectivity index (χ0n) is 9.79. The first-order valence-corrected chi connectivity index (χ1v) is 5.77. The number of likely N-dealkylation sites (N-methyl/N-ethyl adjacent to an activating group) is 1. The van der Waals surface area contributed by atoms with Crippen LogP contribution in [0.1, 0.15) is 19.4 Å². The fraction of sp³-hybridized carbons (Fsp3) is 0.455. The largest absolute Gasteiger partial charge is 0.247 e. The Bertz CT molecular complexity index is 371. The first-order valence-electron chi connectivity index (χ1n) is 5.04. The molecule has 0 aliphatic rings. The number of rotatable bonds is 5. The van der Waals surface area contributed by atoms with Gasteiger partial charge in [-0.25, -0.2) is 4.31 Å². The van der Waals surface area contributed by atoms with Crippen LogP contribution in [-0.4, -0.2) is 17.9 Å². The van der Waals surface area contributed by atoms with Crippen molar-refractivity contribution < 1.29 is 0 Å². The Hall–Kier alpha value is -1.16. The molecule has 0 aliphatic carbocycles. The van der Waals surface area contributed by atoms with E-state index in [-0.39, 0.29) is 5.41 Å². The monoisotopic (exact) mass is 236 g/mol. The van der Waals surface area contributed by atoms with Crippen LogP contribution >= 0.6 is 12.1 Å². The zero-order valence-corrected chi connectivity index (χ0v) is 10.6. The van der Waals surface area contributed by atoms with Crippen molar-refractivity contribution in [3.8, 4) is 0 Å². The molecule has 0 aromatic heterocycles. The van der Waals surface area contributed by atoms with Gasteiger partial charge in [0.25, 0.3) is 0 Å². The van der Waals surface area contributed by atoms with Crippen molar-refractivity contribution >= 4 is 12.1 Å². The minimum absolute atomic E-state index is 0.0357. The highest BCUT2D eigenvalue weighted by atomic mass is 32.2. The Labute approximate surface area is 101 Å². The first-order chi connectivity index (χ1) is 7.56. The normalized spacial score (nSPS) is 11.2. The summed E-state index contributed by atoms with van der Waals surface area (Å²) in [7, 11) is 1.92. The van der Waals surface area contributed by atoms with E-state index in [1.54, 1.807) is 0 Å². The maximum Gasteiger partial charge on any atom is 0.0184 e. The standard InChI is InChI=1S/C11H16N4S/c1-11(2,9-15(3)16-14-13-12)10-7-5-4-6-8-10/h4-8H,9H2,1-3H3. The minimum Gasteiger partial charge on any atom is -0.247 e. The van der Waals surface area contributed by atoms with Crippen molar-refractivity contribution in [1.29, 1.82) is 0 Å². The summed E-state index contributed by atoms with van der Waals surface area (Å²) in [6.07, 6.45) is 0. The molecule has 0 N–H and O–H groups in total. The van der Waals surface area contributed by atoms with E-state index < -0.39 is 0 Å². The van der Waals surface area contributed by atoms with Crippen LogP contribution in [0.15, 0.2) is 34.9 Å². The summed E-state index contributed by atoms with van der Waals surface area (Å²) >= 11 is 1.14. The summed E-state index contributed by atoms with van der Waals surface area (Å²) in [5.74, 6) is 0. The molecule has 4 nitrogen and oxygen atoms in total. The Morgan fingerprint density at radius 2 is 2.00 bits per heavy atom. The second kappa shape index (κ2) is 5.80. The molecule has 0 amide bonds. The molecule has 0 fully saturated rings. The molecule has 0 spiro atoms. The predicted octanol–water partition coefficient (Wildman–Crippen LogP) is 3.77. The average Bonchev–Trinajstić information content (AvgIpc) is 2.27. The quantitative estimate of drug-likeness (QED) is 0.338. The van der Waals surface area contributed by atoms with E-state index in [4.69, 9.17) is 5.53 Å². The van der Waals surface area contributed by atoms with Crippen LogP contribution in [0.3, 0.4) is 0 Å². The van der Waals surface area contributed by atoms with Gasteiger partial charge in [0.2, 0.25) is 0 Å². The average molecular weight is 236 g/mol. The molecular formula is C11H16N4S. The number of azide groups is 1. The highest BCUT2D eigenvalue weighted by Gasteiger charge is 2.22. The maximum atomic E-state index is 8.24. The van der Waals surface area contributed by atoms with E-state index in [2.05, 4.69) is 35.4 Å². The van der Waals surface area contributed by atoms with Gasteiger partial charge in [0.1, 0.15) is 0 Å². The summed E-state index contributed by atoms with van der Waals surface area (Å²) in [4.78, 5) is 2.72. The van der Waals surface area contributed by atoms with E-state index in [0.717, 1.165) is 18.7 Å². The second-order valence-electron chi connectivity index (χ2n) is 4.29.